The number of carbonyl (C=O) groups is 2. The van der Waals surface area contributed by atoms with Crippen LogP contribution in [0, 0.1) is 0 Å². The Hall–Kier alpha value is -2.45. The number of halogens is 1. The number of carbonyl (C=O) groups excluding carboxylic acids is 2. The molecule has 144 valence electrons. The van der Waals surface area contributed by atoms with Crippen LogP contribution in [0.15, 0.2) is 46.4 Å². The minimum Gasteiger partial charge on any atom is -0.342 e. The summed E-state index contributed by atoms with van der Waals surface area (Å²) in [7, 11) is 0. The van der Waals surface area contributed by atoms with Gasteiger partial charge in [0.1, 0.15) is 5.82 Å². The number of aryl methyl sites for hydroxylation is 2. The Morgan fingerprint density at radius 1 is 1.21 bits per heavy atom. The van der Waals surface area contributed by atoms with Gasteiger partial charge in [-0.15, -0.1) is 11.3 Å². The number of hydrogen-bond acceptors (Lipinski definition) is 4. The molecular weight excluding hydrogens is 440 g/mol. The number of anilines is 1. The highest BCUT2D eigenvalue weighted by molar-refractivity contribution is 9.11. The van der Waals surface area contributed by atoms with Crippen molar-refractivity contribution in [2.45, 2.75) is 25.8 Å². The van der Waals surface area contributed by atoms with Crippen LogP contribution in [0.2, 0.25) is 0 Å². The Morgan fingerprint density at radius 3 is 2.89 bits per heavy atom. The topological polar surface area (TPSA) is 76.0 Å². The largest absolute Gasteiger partial charge is 0.342 e. The van der Waals surface area contributed by atoms with Crippen LogP contribution < -0.4 is 10.6 Å². The van der Waals surface area contributed by atoms with E-state index in [1.54, 1.807) is 12.1 Å². The first-order valence-electron chi connectivity index (χ1n) is 9.08. The van der Waals surface area contributed by atoms with E-state index in [1.165, 1.54) is 24.2 Å². The van der Waals surface area contributed by atoms with E-state index < -0.39 is 0 Å². The average molecular weight is 459 g/mol. The van der Waals surface area contributed by atoms with E-state index in [-0.39, 0.29) is 18.4 Å². The summed E-state index contributed by atoms with van der Waals surface area (Å²) in [6.45, 7) is 0.927. The van der Waals surface area contributed by atoms with E-state index in [0.717, 1.165) is 33.8 Å². The fourth-order valence-electron chi connectivity index (χ4n) is 3.20. The van der Waals surface area contributed by atoms with E-state index in [0.29, 0.717) is 10.6 Å². The summed E-state index contributed by atoms with van der Waals surface area (Å²) < 4.78 is 3.09. The van der Waals surface area contributed by atoms with Crippen molar-refractivity contribution < 1.29 is 9.59 Å². The molecule has 0 fully saturated rings. The molecule has 0 saturated heterocycles. The minimum absolute atomic E-state index is 0.0860. The average Bonchev–Trinajstić information content (AvgIpc) is 3.32. The van der Waals surface area contributed by atoms with Gasteiger partial charge in [0.15, 0.2) is 0 Å². The Balaban J connectivity index is 1.38. The van der Waals surface area contributed by atoms with Crippen molar-refractivity contribution in [2.75, 3.05) is 11.9 Å². The van der Waals surface area contributed by atoms with Gasteiger partial charge in [-0.2, -0.15) is 0 Å². The van der Waals surface area contributed by atoms with Crippen LogP contribution in [0.1, 0.15) is 28.3 Å². The molecule has 3 heterocycles. The fraction of sp³-hybridized carbons (Fsp3) is 0.250. The number of nitrogens with one attached hydrogen (secondary N) is 2. The van der Waals surface area contributed by atoms with Crippen LogP contribution in [-0.2, 0) is 17.8 Å². The van der Waals surface area contributed by atoms with Gasteiger partial charge in [-0.25, -0.2) is 4.98 Å². The molecule has 3 aromatic rings. The van der Waals surface area contributed by atoms with Crippen molar-refractivity contribution in [2.24, 2.45) is 0 Å². The molecule has 1 aliphatic heterocycles. The summed E-state index contributed by atoms with van der Waals surface area (Å²) in [6, 6.07) is 11.1. The number of imidazole rings is 1. The molecule has 8 heteroatoms. The van der Waals surface area contributed by atoms with Crippen LogP contribution in [-0.4, -0.2) is 27.9 Å². The van der Waals surface area contributed by atoms with Crippen LogP contribution >= 0.6 is 27.3 Å². The Morgan fingerprint density at radius 2 is 2.11 bits per heavy atom. The third-order valence-electron chi connectivity index (χ3n) is 4.56. The molecule has 2 amide bonds. The van der Waals surface area contributed by atoms with Crippen molar-refractivity contribution in [1.29, 1.82) is 0 Å². The molecule has 0 aliphatic carbocycles. The van der Waals surface area contributed by atoms with Gasteiger partial charge >= 0.3 is 0 Å². The van der Waals surface area contributed by atoms with E-state index in [4.69, 9.17) is 4.98 Å². The SMILES string of the molecule is O=C(CNC(=O)c1ccc(Br)s1)Nc1cccc(-c2cn3c(n2)CCCC3)c1. The summed E-state index contributed by atoms with van der Waals surface area (Å²) in [5, 5.41) is 5.47. The zero-order valence-electron chi connectivity index (χ0n) is 15.1. The lowest BCUT2D eigenvalue weighted by molar-refractivity contribution is -0.115. The van der Waals surface area contributed by atoms with Crippen molar-refractivity contribution in [1.82, 2.24) is 14.9 Å². The maximum Gasteiger partial charge on any atom is 0.261 e. The maximum absolute atomic E-state index is 12.2. The monoisotopic (exact) mass is 458 g/mol. The van der Waals surface area contributed by atoms with E-state index >= 15 is 0 Å². The fourth-order valence-corrected chi connectivity index (χ4v) is 4.50. The molecule has 4 rings (SSSR count). The van der Waals surface area contributed by atoms with Gasteiger partial charge in [-0.05, 0) is 53.0 Å². The number of fused-ring (bicyclic) bond motifs is 1. The Kier molecular flexibility index (Phi) is 5.59. The summed E-state index contributed by atoms with van der Waals surface area (Å²) in [5.41, 5.74) is 2.57. The lowest BCUT2D eigenvalue weighted by atomic mass is 10.1. The first kappa shape index (κ1) is 18.9. The van der Waals surface area contributed by atoms with Gasteiger partial charge in [0.2, 0.25) is 5.91 Å². The minimum atomic E-state index is -0.273. The molecule has 0 saturated carbocycles. The van der Waals surface area contributed by atoms with Crippen molar-refractivity contribution in [3.63, 3.8) is 0 Å². The van der Waals surface area contributed by atoms with Gasteiger partial charge < -0.3 is 15.2 Å². The number of amides is 2. The van der Waals surface area contributed by atoms with Crippen LogP contribution in [0.5, 0.6) is 0 Å². The summed E-state index contributed by atoms with van der Waals surface area (Å²) in [4.78, 5) is 29.5. The molecule has 2 aromatic heterocycles. The Bertz CT molecular complexity index is 1000. The van der Waals surface area contributed by atoms with Crippen molar-refractivity contribution >= 4 is 44.8 Å². The first-order chi connectivity index (χ1) is 13.6. The molecule has 0 atom stereocenters. The van der Waals surface area contributed by atoms with Crippen LogP contribution in [0.4, 0.5) is 5.69 Å². The number of hydrogen-bond donors (Lipinski definition) is 2. The molecule has 1 aromatic carbocycles. The first-order valence-corrected chi connectivity index (χ1v) is 10.7. The molecule has 28 heavy (non-hydrogen) atoms. The third-order valence-corrected chi connectivity index (χ3v) is 6.18. The molecule has 0 spiro atoms. The third kappa shape index (κ3) is 4.34. The highest BCUT2D eigenvalue weighted by Crippen LogP contribution is 2.25. The zero-order valence-corrected chi connectivity index (χ0v) is 17.5. The van der Waals surface area contributed by atoms with Crippen molar-refractivity contribution in [3.05, 3.63) is 57.1 Å². The molecule has 6 nitrogen and oxygen atoms in total. The summed E-state index contributed by atoms with van der Waals surface area (Å²) in [5.74, 6) is 0.590. The second-order valence-corrected chi connectivity index (χ2v) is 9.07. The van der Waals surface area contributed by atoms with Gasteiger partial charge in [0.25, 0.3) is 5.91 Å². The van der Waals surface area contributed by atoms with Gasteiger partial charge in [0.05, 0.1) is 20.9 Å². The van der Waals surface area contributed by atoms with E-state index in [9.17, 15) is 9.59 Å². The Labute approximate surface area is 175 Å². The van der Waals surface area contributed by atoms with Crippen LogP contribution in [0.25, 0.3) is 11.3 Å². The van der Waals surface area contributed by atoms with Gasteiger partial charge in [-0.1, -0.05) is 12.1 Å². The second-order valence-electron chi connectivity index (χ2n) is 6.61. The predicted molar refractivity (Wildman–Crippen MR) is 114 cm³/mol. The molecule has 0 radical (unpaired) electrons. The smallest absolute Gasteiger partial charge is 0.261 e. The maximum atomic E-state index is 12.2. The molecule has 2 N–H and O–H groups in total. The standard InChI is InChI=1S/C20H19BrN4O2S/c21-17-8-7-16(28-17)20(27)22-11-19(26)23-14-5-3-4-13(10-14)15-12-25-9-2-1-6-18(25)24-15/h3-5,7-8,10,12H,1-2,6,9,11H2,(H,22,27)(H,23,26). The predicted octanol–water partition coefficient (Wildman–Crippen LogP) is 4.08. The molecule has 0 unspecified atom stereocenters. The second kappa shape index (κ2) is 8.28. The number of thiophene rings is 1. The van der Waals surface area contributed by atoms with Crippen LogP contribution in [0.3, 0.4) is 0 Å². The molecule has 0 bridgehead atoms. The number of aromatic nitrogens is 2. The van der Waals surface area contributed by atoms with Gasteiger partial charge in [0, 0.05) is 30.4 Å². The quantitative estimate of drug-likeness (QED) is 0.604. The van der Waals surface area contributed by atoms with Gasteiger partial charge in [-0.3, -0.25) is 9.59 Å². The molecular formula is C20H19BrN4O2S. The van der Waals surface area contributed by atoms with Crippen molar-refractivity contribution in [3.8, 4) is 11.3 Å². The normalized spacial score (nSPS) is 13.0. The highest BCUT2D eigenvalue weighted by atomic mass is 79.9. The lowest BCUT2D eigenvalue weighted by Crippen LogP contribution is -2.32. The lowest BCUT2D eigenvalue weighted by Gasteiger charge is -2.11. The number of benzene rings is 1. The number of rotatable bonds is 5. The van der Waals surface area contributed by atoms with E-state index in [2.05, 4.69) is 37.3 Å². The highest BCUT2D eigenvalue weighted by Gasteiger charge is 2.14. The summed E-state index contributed by atoms with van der Waals surface area (Å²) in [6.07, 6.45) is 5.46. The summed E-state index contributed by atoms with van der Waals surface area (Å²) >= 11 is 4.65. The number of nitrogens with zero attached hydrogens (tertiary/aromatic N) is 2. The zero-order chi connectivity index (χ0) is 19.5. The van der Waals surface area contributed by atoms with E-state index in [1.807, 2.05) is 24.3 Å². The molecule has 1 aliphatic rings.